The number of rotatable bonds is 5. The molecule has 0 radical (unpaired) electrons. The summed E-state index contributed by atoms with van der Waals surface area (Å²) in [7, 11) is 1.64. The Balaban J connectivity index is 1.45. The predicted octanol–water partition coefficient (Wildman–Crippen LogP) is 3.57. The van der Waals surface area contributed by atoms with Gasteiger partial charge < -0.3 is 9.84 Å². The Hall–Kier alpha value is -4.30. The molecule has 2 aliphatic heterocycles. The van der Waals surface area contributed by atoms with Gasteiger partial charge in [-0.2, -0.15) is 10.1 Å². The van der Waals surface area contributed by atoms with E-state index in [1.165, 1.54) is 11.3 Å². The molecule has 6 rings (SSSR count). The van der Waals surface area contributed by atoms with Crippen molar-refractivity contribution >= 4 is 33.7 Å². The van der Waals surface area contributed by atoms with Gasteiger partial charge in [0.05, 0.1) is 29.8 Å². The summed E-state index contributed by atoms with van der Waals surface area (Å²) in [5.74, 6) is 0.200. The Morgan fingerprint density at radius 1 is 1.00 bits per heavy atom. The molecule has 4 aromatic rings. The predicted molar refractivity (Wildman–Crippen MR) is 134 cm³/mol. The number of fused-ring (bicyclic) bond motifs is 1. The summed E-state index contributed by atoms with van der Waals surface area (Å²) in [6.45, 7) is 0. The van der Waals surface area contributed by atoms with Crippen molar-refractivity contribution in [1.29, 1.82) is 0 Å². The zero-order valence-electron chi connectivity index (χ0n) is 18.8. The van der Waals surface area contributed by atoms with Crippen LogP contribution in [0.2, 0.25) is 0 Å². The topological polar surface area (TPSA) is 87.4 Å². The van der Waals surface area contributed by atoms with Gasteiger partial charge >= 0.3 is 0 Å². The smallest absolute Gasteiger partial charge is 0.279 e. The SMILES string of the molecule is COc1ccc(C2CC(c3ccccc3)=NN2c2nc(O)c(C3=c4ccccc4=NC3=O)s2)cc1. The third kappa shape index (κ3) is 3.68. The molecule has 35 heavy (non-hydrogen) atoms. The van der Waals surface area contributed by atoms with Crippen LogP contribution in [0.5, 0.6) is 11.6 Å². The molecule has 2 aliphatic rings. The number of amides is 1. The summed E-state index contributed by atoms with van der Waals surface area (Å²) in [6, 6.07) is 25.0. The molecule has 1 unspecified atom stereocenters. The summed E-state index contributed by atoms with van der Waals surface area (Å²) in [4.78, 5) is 21.7. The van der Waals surface area contributed by atoms with E-state index in [4.69, 9.17) is 9.84 Å². The average Bonchev–Trinajstić information content (AvgIpc) is 3.59. The number of aromatic nitrogens is 1. The third-order valence-electron chi connectivity index (χ3n) is 6.15. The molecule has 7 nitrogen and oxygen atoms in total. The summed E-state index contributed by atoms with van der Waals surface area (Å²) in [5.41, 5.74) is 3.37. The van der Waals surface area contributed by atoms with Crippen LogP contribution in [0.25, 0.3) is 5.57 Å². The quantitative estimate of drug-likeness (QED) is 0.472. The Morgan fingerprint density at radius 2 is 1.74 bits per heavy atom. The number of carbonyl (C=O) groups excluding carboxylic acids is 1. The molecule has 172 valence electrons. The lowest BCUT2D eigenvalue weighted by Gasteiger charge is -2.21. The van der Waals surface area contributed by atoms with Crippen LogP contribution in [0, 0.1) is 0 Å². The number of methoxy groups -OCH3 is 1. The zero-order chi connectivity index (χ0) is 23.9. The molecule has 0 saturated carbocycles. The van der Waals surface area contributed by atoms with Crippen LogP contribution in [0.1, 0.15) is 28.5 Å². The molecule has 0 aliphatic carbocycles. The van der Waals surface area contributed by atoms with E-state index in [-0.39, 0.29) is 17.8 Å². The van der Waals surface area contributed by atoms with Gasteiger partial charge in [0.2, 0.25) is 11.0 Å². The van der Waals surface area contributed by atoms with Crippen molar-refractivity contribution in [3.63, 3.8) is 0 Å². The molecule has 0 spiro atoms. The second-order valence-corrected chi connectivity index (χ2v) is 9.19. The highest BCUT2D eigenvalue weighted by Crippen LogP contribution is 2.43. The van der Waals surface area contributed by atoms with Crippen LogP contribution in [0.15, 0.2) is 89.0 Å². The highest BCUT2D eigenvalue weighted by molar-refractivity contribution is 7.17. The minimum Gasteiger partial charge on any atom is -0.497 e. The van der Waals surface area contributed by atoms with Crippen LogP contribution >= 0.6 is 11.3 Å². The molecular weight excluding hydrogens is 460 g/mol. The number of ether oxygens (including phenoxy) is 1. The molecular formula is C27H20N4O3S. The Morgan fingerprint density at radius 3 is 2.51 bits per heavy atom. The number of hydrogen-bond donors (Lipinski definition) is 1. The molecule has 1 N–H and O–H groups in total. The molecule has 1 atom stereocenters. The molecule has 0 fully saturated rings. The number of nitrogens with zero attached hydrogens (tertiary/aromatic N) is 4. The van der Waals surface area contributed by atoms with Gasteiger partial charge in [0.15, 0.2) is 0 Å². The maximum atomic E-state index is 12.7. The van der Waals surface area contributed by atoms with E-state index in [0.717, 1.165) is 22.6 Å². The van der Waals surface area contributed by atoms with Gasteiger partial charge in [0.1, 0.15) is 10.6 Å². The van der Waals surface area contributed by atoms with Gasteiger partial charge in [-0.3, -0.25) is 4.79 Å². The van der Waals surface area contributed by atoms with Gasteiger partial charge in [0, 0.05) is 11.6 Å². The van der Waals surface area contributed by atoms with Crippen molar-refractivity contribution in [3.05, 3.63) is 105 Å². The molecule has 3 heterocycles. The van der Waals surface area contributed by atoms with Crippen LogP contribution < -0.4 is 20.3 Å². The number of aromatic hydroxyl groups is 1. The summed E-state index contributed by atoms with van der Waals surface area (Å²) in [5, 5.41) is 19.3. The number of hydrazone groups is 1. The molecule has 0 saturated heterocycles. The first kappa shape index (κ1) is 21.2. The second kappa shape index (κ2) is 8.48. The zero-order valence-corrected chi connectivity index (χ0v) is 19.6. The standard InChI is InChI=1S/C27H20N4O3S/c1-34-18-13-11-17(12-14-18)22-15-21(16-7-3-2-4-8-16)30-31(22)27-29-26(33)24(35-27)23-19-9-5-6-10-20(19)28-25(23)32/h2-14,22,33H,15H2,1H3. The van der Waals surface area contributed by atoms with Gasteiger partial charge in [0.25, 0.3) is 5.91 Å². The molecule has 8 heteroatoms. The Bertz CT molecular complexity index is 1590. The first-order valence-electron chi connectivity index (χ1n) is 11.1. The molecule has 0 bridgehead atoms. The van der Waals surface area contributed by atoms with E-state index in [9.17, 15) is 9.90 Å². The van der Waals surface area contributed by atoms with Crippen molar-refractivity contribution in [3.8, 4) is 11.6 Å². The van der Waals surface area contributed by atoms with E-state index >= 15 is 0 Å². The molecule has 3 aromatic carbocycles. The van der Waals surface area contributed by atoms with Crippen molar-refractivity contribution in [2.45, 2.75) is 12.5 Å². The Labute approximate surface area is 205 Å². The van der Waals surface area contributed by atoms with E-state index in [0.29, 0.717) is 32.6 Å². The first-order valence-corrected chi connectivity index (χ1v) is 11.9. The van der Waals surface area contributed by atoms with E-state index in [1.54, 1.807) is 13.2 Å². The van der Waals surface area contributed by atoms with Gasteiger partial charge in [-0.25, -0.2) is 10.0 Å². The normalized spacial score (nSPS) is 16.8. The third-order valence-corrected chi connectivity index (χ3v) is 7.20. The summed E-state index contributed by atoms with van der Waals surface area (Å²) >= 11 is 1.24. The van der Waals surface area contributed by atoms with Crippen LogP contribution in [0.3, 0.4) is 0 Å². The van der Waals surface area contributed by atoms with Crippen molar-refractivity contribution in [2.24, 2.45) is 10.1 Å². The summed E-state index contributed by atoms with van der Waals surface area (Å²) in [6.07, 6.45) is 0.666. The fraction of sp³-hybridized carbons (Fsp3) is 0.111. The number of para-hydroxylation sites is 1. The molecule has 1 aromatic heterocycles. The van der Waals surface area contributed by atoms with Crippen LogP contribution in [-0.4, -0.2) is 28.8 Å². The van der Waals surface area contributed by atoms with Gasteiger partial charge in [-0.05, 0) is 29.3 Å². The van der Waals surface area contributed by atoms with E-state index in [1.807, 2.05) is 77.8 Å². The maximum absolute atomic E-state index is 12.7. The van der Waals surface area contributed by atoms with E-state index in [2.05, 4.69) is 9.98 Å². The number of carbonyl (C=O) groups is 1. The van der Waals surface area contributed by atoms with Crippen molar-refractivity contribution in [2.75, 3.05) is 12.1 Å². The second-order valence-electron chi connectivity index (χ2n) is 8.21. The molecule has 1 amide bonds. The first-order chi connectivity index (χ1) is 17.1. The number of anilines is 1. The Kier molecular flexibility index (Phi) is 5.15. The highest BCUT2D eigenvalue weighted by atomic mass is 32.1. The average molecular weight is 481 g/mol. The van der Waals surface area contributed by atoms with E-state index < -0.39 is 0 Å². The number of thiazole rings is 1. The fourth-order valence-electron chi connectivity index (χ4n) is 4.42. The lowest BCUT2D eigenvalue weighted by molar-refractivity contribution is -0.112. The lowest BCUT2D eigenvalue weighted by atomic mass is 9.98. The minimum atomic E-state index is -0.377. The number of benzene rings is 3. The van der Waals surface area contributed by atoms with Gasteiger partial charge in [-0.15, -0.1) is 0 Å². The highest BCUT2D eigenvalue weighted by Gasteiger charge is 2.34. The fourth-order valence-corrected chi connectivity index (χ4v) is 5.43. The van der Waals surface area contributed by atoms with Crippen molar-refractivity contribution < 1.29 is 14.6 Å². The van der Waals surface area contributed by atoms with Crippen LogP contribution in [0.4, 0.5) is 5.13 Å². The monoisotopic (exact) mass is 480 g/mol. The number of hydrogen-bond acceptors (Lipinski definition) is 7. The minimum absolute atomic E-state index is 0.129. The largest absolute Gasteiger partial charge is 0.497 e. The van der Waals surface area contributed by atoms with Crippen molar-refractivity contribution in [1.82, 2.24) is 4.98 Å². The van der Waals surface area contributed by atoms with Gasteiger partial charge in [-0.1, -0.05) is 72.0 Å². The summed E-state index contributed by atoms with van der Waals surface area (Å²) < 4.78 is 5.32. The lowest BCUT2D eigenvalue weighted by Crippen LogP contribution is -2.22. The maximum Gasteiger partial charge on any atom is 0.279 e. The van der Waals surface area contributed by atoms with Crippen LogP contribution in [-0.2, 0) is 4.79 Å².